The molecule has 2 aromatic heterocycles. The summed E-state index contributed by atoms with van der Waals surface area (Å²) in [6.07, 6.45) is -0.464. The maximum absolute atomic E-state index is 13.9. The van der Waals surface area contributed by atoms with Crippen molar-refractivity contribution in [1.82, 2.24) is 25.5 Å². The highest BCUT2D eigenvalue weighted by molar-refractivity contribution is 5.95. The van der Waals surface area contributed by atoms with Crippen LogP contribution < -0.4 is 26.2 Å². The second-order valence-corrected chi connectivity index (χ2v) is 16.9. The number of hydrogen-bond acceptors (Lipinski definition) is 11. The minimum atomic E-state index is -1.88. The van der Waals surface area contributed by atoms with Gasteiger partial charge in [0.1, 0.15) is 24.8 Å². The summed E-state index contributed by atoms with van der Waals surface area (Å²) in [5.74, 6) is -2.38. The molecular weight excluding hydrogens is 807 g/mol. The number of nitrogens with one attached hydrogen (secondary N) is 3. The van der Waals surface area contributed by atoms with Gasteiger partial charge < -0.3 is 34.9 Å². The van der Waals surface area contributed by atoms with Gasteiger partial charge in [-0.15, -0.1) is 0 Å². The van der Waals surface area contributed by atoms with Crippen molar-refractivity contribution in [2.75, 3.05) is 26.3 Å². The van der Waals surface area contributed by atoms with E-state index in [9.17, 15) is 28.8 Å². The van der Waals surface area contributed by atoms with Crippen LogP contribution in [0.2, 0.25) is 0 Å². The number of alkyl carbamates (subject to hydrolysis) is 2. The fourth-order valence-corrected chi connectivity index (χ4v) is 8.61. The third kappa shape index (κ3) is 8.59. The van der Waals surface area contributed by atoms with Gasteiger partial charge in [0.25, 0.3) is 5.56 Å². The maximum Gasteiger partial charge on any atom is 0.408 e. The number of hydrogen-bond donors (Lipinski definition) is 3. The van der Waals surface area contributed by atoms with E-state index in [1.165, 1.54) is 4.57 Å². The Labute approximate surface area is 363 Å². The Morgan fingerprint density at radius 1 is 0.905 bits per heavy atom. The lowest BCUT2D eigenvalue weighted by Crippen LogP contribution is -2.51. The summed E-state index contributed by atoms with van der Waals surface area (Å²) in [4.78, 5) is 85.0. The molecule has 5 aromatic rings. The number of esters is 1. The molecule has 0 saturated carbocycles. The molecule has 2 aliphatic heterocycles. The number of pyridine rings is 2. The third-order valence-corrected chi connectivity index (χ3v) is 11.6. The van der Waals surface area contributed by atoms with Gasteiger partial charge in [-0.2, -0.15) is 0 Å². The number of benzene rings is 3. The van der Waals surface area contributed by atoms with Crippen LogP contribution in [0.3, 0.4) is 0 Å². The average Bonchev–Trinajstić information content (AvgIpc) is 3.78. The zero-order valence-electron chi connectivity index (χ0n) is 35.6. The van der Waals surface area contributed by atoms with E-state index in [1.54, 1.807) is 33.8 Å². The number of para-hydroxylation sites is 1. The standard InChI is InChI=1S/C48H49N5O10/c1-5-48(35-23-38-41-29(22-28-14-6-11-19-36(28)51-41)25-53(38)44(57)42(35)60-27-39(48)54)62-40(55)24-50-43(56)37(52-46(59)63-47(2,3)4)20-12-13-21-49-45(58)61-26-34-32-17-9-7-15-30(32)31-16-8-10-18-33(31)34/h6-11,14-19,22-23,34,37H,5,12-13,20-21,24-27H2,1-4H3,(H,49,58)(H,50,56)(H,52,59)/t37-,48-/m0/s1. The van der Waals surface area contributed by atoms with Crippen LogP contribution in [0.25, 0.3) is 33.4 Å². The van der Waals surface area contributed by atoms with Gasteiger partial charge in [0.05, 0.1) is 29.0 Å². The highest BCUT2D eigenvalue weighted by Crippen LogP contribution is 2.45. The van der Waals surface area contributed by atoms with E-state index < -0.39 is 65.8 Å². The summed E-state index contributed by atoms with van der Waals surface area (Å²) >= 11 is 0. The van der Waals surface area contributed by atoms with Crippen LogP contribution in [0.4, 0.5) is 9.59 Å². The molecule has 0 radical (unpaired) electrons. The largest absolute Gasteiger partial charge is 0.479 e. The minimum Gasteiger partial charge on any atom is -0.479 e. The van der Waals surface area contributed by atoms with Gasteiger partial charge in [-0.3, -0.25) is 23.7 Å². The van der Waals surface area contributed by atoms with Crippen molar-refractivity contribution in [3.8, 4) is 28.3 Å². The summed E-state index contributed by atoms with van der Waals surface area (Å²) in [5.41, 5.74) is 3.95. The molecule has 0 unspecified atom stereocenters. The Morgan fingerprint density at radius 2 is 1.60 bits per heavy atom. The number of amides is 3. The van der Waals surface area contributed by atoms with Crippen LogP contribution in [0, 0.1) is 0 Å². The van der Waals surface area contributed by atoms with Crippen molar-refractivity contribution < 1.29 is 42.9 Å². The van der Waals surface area contributed by atoms with Gasteiger partial charge in [0, 0.05) is 23.4 Å². The number of ether oxygens (including phenoxy) is 4. The number of carbonyl (C=O) groups is 5. The molecule has 3 aromatic carbocycles. The number of nitrogens with zero attached hydrogens (tertiary/aromatic N) is 2. The van der Waals surface area contributed by atoms with Gasteiger partial charge in [-0.1, -0.05) is 73.7 Å². The minimum absolute atomic E-state index is 0.0182. The molecule has 3 aliphatic rings. The average molecular weight is 856 g/mol. The van der Waals surface area contributed by atoms with Gasteiger partial charge in [0.15, 0.2) is 12.4 Å². The number of Topliss-reactive ketones (excluding diaryl/α,β-unsaturated/α-hetero) is 1. The number of ketones is 1. The number of rotatable bonds is 13. The zero-order valence-corrected chi connectivity index (χ0v) is 35.6. The van der Waals surface area contributed by atoms with Crippen LogP contribution in [-0.4, -0.2) is 77.3 Å². The molecule has 8 rings (SSSR count). The monoisotopic (exact) mass is 855 g/mol. The number of carbonyl (C=O) groups excluding carboxylic acids is 5. The maximum atomic E-state index is 13.9. The van der Waals surface area contributed by atoms with E-state index in [4.69, 9.17) is 23.9 Å². The van der Waals surface area contributed by atoms with E-state index in [0.717, 1.165) is 38.7 Å². The van der Waals surface area contributed by atoms with E-state index in [0.29, 0.717) is 24.2 Å². The lowest BCUT2D eigenvalue weighted by molar-refractivity contribution is -0.172. The Balaban J connectivity index is 0.887. The molecule has 3 N–H and O–H groups in total. The molecule has 0 saturated heterocycles. The van der Waals surface area contributed by atoms with Crippen molar-refractivity contribution in [2.24, 2.45) is 0 Å². The number of fused-ring (bicyclic) bond motifs is 8. The van der Waals surface area contributed by atoms with Crippen molar-refractivity contribution in [2.45, 2.75) is 83.1 Å². The summed E-state index contributed by atoms with van der Waals surface area (Å²) < 4.78 is 24.2. The quantitative estimate of drug-likeness (QED) is 0.0675. The van der Waals surface area contributed by atoms with E-state index in [1.807, 2.05) is 66.7 Å². The van der Waals surface area contributed by atoms with Crippen molar-refractivity contribution >= 4 is 40.7 Å². The zero-order chi connectivity index (χ0) is 44.5. The summed E-state index contributed by atoms with van der Waals surface area (Å²) in [7, 11) is 0. The first-order valence-electron chi connectivity index (χ1n) is 21.2. The number of aromatic nitrogens is 2. The lowest BCUT2D eigenvalue weighted by Gasteiger charge is -2.36. The second-order valence-electron chi connectivity index (χ2n) is 16.9. The molecule has 63 heavy (non-hydrogen) atoms. The molecule has 0 fully saturated rings. The first kappa shape index (κ1) is 42.7. The van der Waals surface area contributed by atoms with Gasteiger partial charge in [0.2, 0.25) is 17.3 Å². The lowest BCUT2D eigenvalue weighted by atomic mass is 9.84. The second kappa shape index (κ2) is 17.4. The van der Waals surface area contributed by atoms with E-state index in [2.05, 4.69) is 28.1 Å². The summed E-state index contributed by atoms with van der Waals surface area (Å²) in [6, 6.07) is 26.2. The molecular formula is C48H49N5O10. The fourth-order valence-electron chi connectivity index (χ4n) is 8.61. The Morgan fingerprint density at radius 3 is 2.32 bits per heavy atom. The van der Waals surface area contributed by atoms with Crippen LogP contribution in [0.5, 0.6) is 5.75 Å². The molecule has 326 valence electrons. The predicted octanol–water partition coefficient (Wildman–Crippen LogP) is 6.25. The molecule has 15 heteroatoms. The van der Waals surface area contributed by atoms with Crippen LogP contribution in [0.15, 0.2) is 89.7 Å². The molecule has 4 heterocycles. The molecule has 0 spiro atoms. The molecule has 2 atom stereocenters. The van der Waals surface area contributed by atoms with Crippen LogP contribution >= 0.6 is 0 Å². The van der Waals surface area contributed by atoms with Gasteiger partial charge in [-0.25, -0.2) is 14.6 Å². The smallest absolute Gasteiger partial charge is 0.408 e. The van der Waals surface area contributed by atoms with E-state index >= 15 is 0 Å². The van der Waals surface area contributed by atoms with Crippen molar-refractivity contribution in [1.29, 1.82) is 0 Å². The first-order chi connectivity index (χ1) is 30.3. The number of unbranched alkanes of at least 4 members (excludes halogenated alkanes) is 1. The summed E-state index contributed by atoms with van der Waals surface area (Å²) in [5, 5.41) is 8.79. The third-order valence-electron chi connectivity index (χ3n) is 11.6. The van der Waals surface area contributed by atoms with Crippen LogP contribution in [-0.2, 0) is 40.7 Å². The SMILES string of the molecule is CC[C@@]1(OC(=O)CNC(=O)[C@H](CCCCNC(=O)OCC2c3ccccc3-c3ccccc32)NC(=O)OC(C)(C)C)C(=O)COc2c1cc1n(c2=O)Cc2cc3ccccc3nc2-1. The topological polar surface area (TPSA) is 193 Å². The Bertz CT molecular complexity index is 2660. The molecule has 1 aliphatic carbocycles. The van der Waals surface area contributed by atoms with E-state index in [-0.39, 0.29) is 49.8 Å². The fraction of sp³-hybridized carbons (Fsp3) is 0.354. The van der Waals surface area contributed by atoms with Crippen molar-refractivity contribution in [3.05, 3.63) is 118 Å². The van der Waals surface area contributed by atoms with Crippen molar-refractivity contribution in [3.63, 3.8) is 0 Å². The van der Waals surface area contributed by atoms with Gasteiger partial charge >= 0.3 is 18.2 Å². The molecule has 3 amide bonds. The molecule has 15 nitrogen and oxygen atoms in total. The highest BCUT2D eigenvalue weighted by Gasteiger charge is 2.49. The van der Waals surface area contributed by atoms with Crippen LogP contribution in [0.1, 0.15) is 81.5 Å². The summed E-state index contributed by atoms with van der Waals surface area (Å²) in [6.45, 7) is 6.24. The normalized spacial score (nSPS) is 16.3. The first-order valence-corrected chi connectivity index (χ1v) is 21.2. The highest BCUT2D eigenvalue weighted by atomic mass is 16.6. The molecule has 0 bridgehead atoms. The Hall–Kier alpha value is -7.03. The Kier molecular flexibility index (Phi) is 11.8. The van der Waals surface area contributed by atoms with Gasteiger partial charge in [-0.05, 0) is 86.9 Å². The predicted molar refractivity (Wildman–Crippen MR) is 232 cm³/mol.